The van der Waals surface area contributed by atoms with Crippen LogP contribution in [0.4, 0.5) is 5.82 Å². The van der Waals surface area contributed by atoms with Crippen molar-refractivity contribution in [3.63, 3.8) is 0 Å². The number of likely N-dealkylation sites (tertiary alicyclic amines) is 1. The quantitative estimate of drug-likeness (QED) is 0.388. The van der Waals surface area contributed by atoms with E-state index in [9.17, 15) is 14.7 Å². The van der Waals surface area contributed by atoms with Gasteiger partial charge in [0.25, 0.3) is 11.8 Å². The number of aliphatic hydroxyl groups excluding tert-OH is 1. The van der Waals surface area contributed by atoms with Crippen LogP contribution in [0.25, 0.3) is 22.2 Å². The standard InChI is InChI=1S/C32H35N5O3.ClH/c1-22-8-10-27-26(20-22)29(30(34(27)2)23-6-4-3-5-7-23)32(40)37-18-16-35(17-19-37)28-11-9-24(21-33-28)31(39)36-14-12-25(38)13-15-36;/h3-11,20-21,25,38H,12-19H2,1-2H3;1H. The third-order valence-electron chi connectivity index (χ3n) is 8.25. The maximum atomic E-state index is 14.1. The molecule has 0 unspecified atom stereocenters. The van der Waals surface area contributed by atoms with Crippen LogP contribution >= 0.6 is 12.4 Å². The molecule has 0 spiro atoms. The lowest BCUT2D eigenvalue weighted by Gasteiger charge is -2.35. The number of amides is 2. The summed E-state index contributed by atoms with van der Waals surface area (Å²) in [5.74, 6) is 0.819. The number of carbonyl (C=O) groups excluding carboxylic acids is 2. The molecule has 2 amide bonds. The number of piperidine rings is 1. The SMILES string of the molecule is Cc1ccc2c(c1)c(C(=O)N1CCN(c3ccc(C(=O)N4CCC(O)CC4)cn3)CC1)c(-c1ccccc1)n2C.Cl. The molecule has 6 rings (SSSR count). The monoisotopic (exact) mass is 573 g/mol. The number of halogens is 1. The summed E-state index contributed by atoms with van der Waals surface area (Å²) < 4.78 is 2.13. The number of benzene rings is 2. The molecule has 8 nitrogen and oxygen atoms in total. The molecule has 0 radical (unpaired) electrons. The highest BCUT2D eigenvalue weighted by molar-refractivity contribution is 6.13. The second kappa shape index (κ2) is 11.9. The Morgan fingerprint density at radius 2 is 1.54 bits per heavy atom. The summed E-state index contributed by atoms with van der Waals surface area (Å²) in [5.41, 5.74) is 5.47. The zero-order valence-electron chi connectivity index (χ0n) is 23.5. The molecule has 214 valence electrons. The molecular weight excluding hydrogens is 538 g/mol. The minimum absolute atomic E-state index is 0. The summed E-state index contributed by atoms with van der Waals surface area (Å²) in [4.78, 5) is 37.4. The zero-order chi connectivity index (χ0) is 27.8. The molecule has 2 aromatic heterocycles. The van der Waals surface area contributed by atoms with Crippen molar-refractivity contribution in [3.8, 4) is 11.3 Å². The van der Waals surface area contributed by atoms with Gasteiger partial charge in [-0.05, 0) is 49.6 Å². The molecule has 0 aliphatic carbocycles. The predicted molar refractivity (Wildman–Crippen MR) is 164 cm³/mol. The lowest BCUT2D eigenvalue weighted by molar-refractivity contribution is 0.0545. The van der Waals surface area contributed by atoms with E-state index in [2.05, 4.69) is 51.7 Å². The summed E-state index contributed by atoms with van der Waals surface area (Å²) >= 11 is 0. The van der Waals surface area contributed by atoms with Gasteiger partial charge in [0.05, 0.1) is 22.9 Å². The summed E-state index contributed by atoms with van der Waals surface area (Å²) in [5, 5.41) is 10.7. The number of piperazine rings is 1. The molecule has 0 atom stereocenters. The van der Waals surface area contributed by atoms with Gasteiger partial charge >= 0.3 is 0 Å². The molecule has 2 aliphatic rings. The van der Waals surface area contributed by atoms with E-state index >= 15 is 0 Å². The van der Waals surface area contributed by atoms with Crippen LogP contribution in [0.3, 0.4) is 0 Å². The molecular formula is C32H36ClN5O3. The number of anilines is 1. The van der Waals surface area contributed by atoms with Crippen molar-refractivity contribution < 1.29 is 14.7 Å². The van der Waals surface area contributed by atoms with Crippen molar-refractivity contribution in [2.75, 3.05) is 44.2 Å². The second-order valence-electron chi connectivity index (χ2n) is 10.9. The van der Waals surface area contributed by atoms with Gasteiger partial charge in [0.1, 0.15) is 5.82 Å². The van der Waals surface area contributed by atoms with Crippen LogP contribution in [0, 0.1) is 6.92 Å². The minimum Gasteiger partial charge on any atom is -0.393 e. The lowest BCUT2D eigenvalue weighted by atomic mass is 10.0. The summed E-state index contributed by atoms with van der Waals surface area (Å²) in [6.45, 7) is 5.72. The molecule has 1 N–H and O–H groups in total. The number of aromatic nitrogens is 2. The van der Waals surface area contributed by atoms with E-state index in [1.165, 1.54) is 0 Å². The Kier molecular flexibility index (Phi) is 8.33. The number of hydrogen-bond acceptors (Lipinski definition) is 5. The van der Waals surface area contributed by atoms with Gasteiger partial charge in [-0.15, -0.1) is 12.4 Å². The Hall–Kier alpha value is -3.88. The number of nitrogens with zero attached hydrogens (tertiary/aromatic N) is 5. The van der Waals surface area contributed by atoms with Gasteiger partial charge in [0.2, 0.25) is 0 Å². The number of pyridine rings is 1. The number of hydrogen-bond donors (Lipinski definition) is 1. The third-order valence-corrected chi connectivity index (χ3v) is 8.25. The van der Waals surface area contributed by atoms with Gasteiger partial charge in [0, 0.05) is 63.4 Å². The molecule has 41 heavy (non-hydrogen) atoms. The predicted octanol–water partition coefficient (Wildman–Crippen LogP) is 4.53. The average molecular weight is 574 g/mol. The van der Waals surface area contributed by atoms with Crippen molar-refractivity contribution in [2.24, 2.45) is 7.05 Å². The van der Waals surface area contributed by atoms with E-state index in [1.807, 2.05) is 42.3 Å². The molecule has 0 bridgehead atoms. The van der Waals surface area contributed by atoms with Crippen molar-refractivity contribution >= 4 is 40.9 Å². The highest BCUT2D eigenvalue weighted by atomic mass is 35.5. The first kappa shape index (κ1) is 28.6. The summed E-state index contributed by atoms with van der Waals surface area (Å²) in [6, 6.07) is 20.2. The van der Waals surface area contributed by atoms with Crippen LogP contribution in [-0.2, 0) is 7.05 Å². The molecule has 2 aromatic carbocycles. The third kappa shape index (κ3) is 5.54. The number of aliphatic hydroxyl groups is 1. The van der Waals surface area contributed by atoms with E-state index in [-0.39, 0.29) is 30.3 Å². The Morgan fingerprint density at radius 3 is 2.20 bits per heavy atom. The Bertz CT molecular complexity index is 1540. The molecule has 2 saturated heterocycles. The molecule has 4 aromatic rings. The number of aryl methyl sites for hydroxylation is 2. The smallest absolute Gasteiger partial charge is 0.256 e. The first-order valence-corrected chi connectivity index (χ1v) is 14.0. The highest BCUT2D eigenvalue weighted by Crippen LogP contribution is 2.35. The van der Waals surface area contributed by atoms with E-state index in [0.717, 1.165) is 39.1 Å². The van der Waals surface area contributed by atoms with E-state index in [4.69, 9.17) is 0 Å². The Labute approximate surface area is 246 Å². The largest absolute Gasteiger partial charge is 0.393 e. The Balaban J connectivity index is 0.00000337. The number of rotatable bonds is 4. The zero-order valence-corrected chi connectivity index (χ0v) is 24.3. The topological polar surface area (TPSA) is 81.9 Å². The molecule has 0 saturated carbocycles. The van der Waals surface area contributed by atoms with Crippen LogP contribution in [0.15, 0.2) is 66.9 Å². The van der Waals surface area contributed by atoms with Gasteiger partial charge < -0.3 is 24.4 Å². The van der Waals surface area contributed by atoms with Gasteiger partial charge in [-0.25, -0.2) is 4.98 Å². The van der Waals surface area contributed by atoms with Crippen molar-refractivity contribution in [1.82, 2.24) is 19.4 Å². The molecule has 2 aliphatic heterocycles. The normalized spacial score (nSPS) is 16.1. The van der Waals surface area contributed by atoms with Crippen molar-refractivity contribution in [1.29, 1.82) is 0 Å². The van der Waals surface area contributed by atoms with Gasteiger partial charge in [-0.1, -0.05) is 42.0 Å². The van der Waals surface area contributed by atoms with Crippen molar-refractivity contribution in [2.45, 2.75) is 25.9 Å². The summed E-state index contributed by atoms with van der Waals surface area (Å²) in [6.07, 6.45) is 2.56. The minimum atomic E-state index is -0.315. The molecule has 4 heterocycles. The average Bonchev–Trinajstić information content (AvgIpc) is 3.28. The highest BCUT2D eigenvalue weighted by Gasteiger charge is 2.29. The molecule has 2 fully saturated rings. The van der Waals surface area contributed by atoms with Crippen LogP contribution in [0.5, 0.6) is 0 Å². The number of carbonyl (C=O) groups is 2. The van der Waals surface area contributed by atoms with Gasteiger partial charge in [-0.3, -0.25) is 9.59 Å². The fourth-order valence-electron chi connectivity index (χ4n) is 5.96. The van der Waals surface area contributed by atoms with E-state index < -0.39 is 0 Å². The van der Waals surface area contributed by atoms with Crippen molar-refractivity contribution in [3.05, 3.63) is 83.6 Å². The lowest BCUT2D eigenvalue weighted by Crippen LogP contribution is -2.49. The second-order valence-corrected chi connectivity index (χ2v) is 10.9. The van der Waals surface area contributed by atoms with Crippen LogP contribution in [0.1, 0.15) is 39.1 Å². The first-order valence-electron chi connectivity index (χ1n) is 14.0. The molecule has 9 heteroatoms. The number of fused-ring (bicyclic) bond motifs is 1. The Morgan fingerprint density at radius 1 is 0.854 bits per heavy atom. The van der Waals surface area contributed by atoms with E-state index in [0.29, 0.717) is 57.7 Å². The van der Waals surface area contributed by atoms with Crippen LogP contribution in [0.2, 0.25) is 0 Å². The maximum Gasteiger partial charge on any atom is 0.256 e. The van der Waals surface area contributed by atoms with Gasteiger partial charge in [0.15, 0.2) is 0 Å². The van der Waals surface area contributed by atoms with Gasteiger partial charge in [-0.2, -0.15) is 0 Å². The maximum absolute atomic E-state index is 14.1. The summed E-state index contributed by atoms with van der Waals surface area (Å²) in [7, 11) is 2.03. The van der Waals surface area contributed by atoms with Crippen LogP contribution < -0.4 is 4.90 Å². The fourth-order valence-corrected chi connectivity index (χ4v) is 5.96. The van der Waals surface area contributed by atoms with Crippen LogP contribution in [-0.4, -0.2) is 81.6 Å². The first-order chi connectivity index (χ1) is 19.4. The fraction of sp³-hybridized carbons (Fsp3) is 0.344. The van der Waals surface area contributed by atoms with E-state index in [1.54, 1.807) is 11.1 Å².